The monoisotopic (exact) mass is 382 g/mol. The van der Waals surface area contributed by atoms with Crippen LogP contribution in [-0.2, 0) is 9.53 Å². The first-order valence-electron chi connectivity index (χ1n) is 9.75. The average molecular weight is 382 g/mol. The minimum atomic E-state index is -0.252. The Morgan fingerprint density at radius 1 is 1.18 bits per heavy atom. The Morgan fingerprint density at radius 2 is 1.96 bits per heavy atom. The van der Waals surface area contributed by atoms with Crippen molar-refractivity contribution in [2.24, 2.45) is 5.41 Å². The summed E-state index contributed by atoms with van der Waals surface area (Å²) in [5.41, 5.74) is 1.09. The fourth-order valence-electron chi connectivity index (χ4n) is 4.00. The predicted octanol–water partition coefficient (Wildman–Crippen LogP) is 2.36. The number of rotatable bonds is 3. The molecule has 7 nitrogen and oxygen atoms in total. The van der Waals surface area contributed by atoms with E-state index >= 15 is 0 Å². The molecule has 2 aliphatic rings. The molecule has 2 saturated heterocycles. The van der Waals surface area contributed by atoms with Crippen LogP contribution in [0.3, 0.4) is 0 Å². The lowest BCUT2D eigenvalue weighted by molar-refractivity contribution is -0.122. The van der Waals surface area contributed by atoms with E-state index in [4.69, 9.17) is 4.74 Å². The lowest BCUT2D eigenvalue weighted by atomic mass is 9.87. The first-order chi connectivity index (χ1) is 13.5. The summed E-state index contributed by atoms with van der Waals surface area (Å²) in [7, 11) is 0. The number of carbonyl (C=O) groups is 2. The van der Waals surface area contributed by atoms with Crippen molar-refractivity contribution in [1.29, 1.82) is 0 Å². The van der Waals surface area contributed by atoms with Crippen molar-refractivity contribution < 1.29 is 14.3 Å². The van der Waals surface area contributed by atoms with Crippen molar-refractivity contribution in [2.75, 3.05) is 37.7 Å². The molecule has 1 spiro atoms. The first-order valence-corrected chi connectivity index (χ1v) is 9.75. The minimum absolute atomic E-state index is 0.0384. The van der Waals surface area contributed by atoms with Gasteiger partial charge in [0.15, 0.2) is 0 Å². The topological polar surface area (TPSA) is 67.7 Å². The fraction of sp³-hybridized carbons (Fsp3) is 0.476. The van der Waals surface area contributed by atoms with Crippen LogP contribution in [0.4, 0.5) is 5.69 Å². The van der Waals surface area contributed by atoms with E-state index in [9.17, 15) is 9.59 Å². The normalized spacial score (nSPS) is 22.9. The zero-order chi connectivity index (χ0) is 19.7. The molecule has 0 bridgehead atoms. The summed E-state index contributed by atoms with van der Waals surface area (Å²) >= 11 is 0. The molecule has 2 aliphatic heterocycles. The molecule has 1 atom stereocenters. The van der Waals surface area contributed by atoms with Crippen LogP contribution >= 0.6 is 0 Å². The molecule has 1 aromatic carbocycles. The predicted molar refractivity (Wildman–Crippen MR) is 105 cm³/mol. The summed E-state index contributed by atoms with van der Waals surface area (Å²) in [6, 6.07) is 11.7. The third-order valence-corrected chi connectivity index (χ3v) is 5.58. The van der Waals surface area contributed by atoms with Crippen LogP contribution in [0.5, 0.6) is 0 Å². The van der Waals surface area contributed by atoms with Crippen molar-refractivity contribution in [1.82, 2.24) is 14.7 Å². The second-order valence-corrected chi connectivity index (χ2v) is 8.06. The Morgan fingerprint density at radius 3 is 2.68 bits per heavy atom. The summed E-state index contributed by atoms with van der Waals surface area (Å²) in [6.07, 6.45) is 2.65. The Hall–Kier alpha value is -2.67. The van der Waals surface area contributed by atoms with Crippen molar-refractivity contribution in [3.05, 3.63) is 48.3 Å². The summed E-state index contributed by atoms with van der Waals surface area (Å²) < 4.78 is 7.51. The van der Waals surface area contributed by atoms with E-state index in [0.717, 1.165) is 12.1 Å². The molecule has 0 N–H and O–H groups in total. The van der Waals surface area contributed by atoms with Crippen LogP contribution in [0.25, 0.3) is 0 Å². The van der Waals surface area contributed by atoms with Crippen LogP contribution in [0, 0.1) is 5.41 Å². The summed E-state index contributed by atoms with van der Waals surface area (Å²) in [5.74, 6) is -0.0957. The van der Waals surface area contributed by atoms with Gasteiger partial charge in [-0.25, -0.2) is 0 Å². The summed E-state index contributed by atoms with van der Waals surface area (Å²) in [5, 5.41) is 4.41. The van der Waals surface area contributed by atoms with Crippen molar-refractivity contribution in [3.63, 3.8) is 0 Å². The Kier molecular flexibility index (Phi) is 4.93. The summed E-state index contributed by atoms with van der Waals surface area (Å²) in [4.78, 5) is 29.1. The quantitative estimate of drug-likeness (QED) is 0.817. The second-order valence-electron chi connectivity index (χ2n) is 8.06. The van der Waals surface area contributed by atoms with Gasteiger partial charge in [0.05, 0.1) is 6.61 Å². The van der Waals surface area contributed by atoms with Gasteiger partial charge in [-0.2, -0.15) is 5.10 Å². The second kappa shape index (κ2) is 7.39. The summed E-state index contributed by atoms with van der Waals surface area (Å²) in [6.45, 7) is 6.38. The van der Waals surface area contributed by atoms with E-state index in [2.05, 4.69) is 5.10 Å². The molecule has 4 rings (SSSR count). The molecule has 0 radical (unpaired) electrons. The van der Waals surface area contributed by atoms with E-state index in [-0.39, 0.29) is 29.9 Å². The number of anilines is 1. The lowest BCUT2D eigenvalue weighted by Gasteiger charge is -2.31. The molecule has 2 amide bonds. The van der Waals surface area contributed by atoms with E-state index in [0.29, 0.717) is 31.9 Å². The first kappa shape index (κ1) is 18.7. The maximum absolute atomic E-state index is 12.9. The number of carbonyl (C=O) groups excluding carboxylic acids is 2. The highest BCUT2D eigenvalue weighted by Crippen LogP contribution is 2.35. The van der Waals surface area contributed by atoms with Crippen LogP contribution < -0.4 is 4.90 Å². The standard InChI is InChI=1S/C21H26N4O3/c1-16(2)25-10-8-18(22-25)20(27)23-11-9-21(13-23)14-24(19(26)12-28-15-21)17-6-4-3-5-7-17/h3-8,10,16H,9,11-15H2,1-2H3. The molecule has 2 fully saturated rings. The maximum atomic E-state index is 12.9. The molecule has 0 aliphatic carbocycles. The maximum Gasteiger partial charge on any atom is 0.274 e. The van der Waals surface area contributed by atoms with Gasteiger partial charge < -0.3 is 14.5 Å². The Balaban J connectivity index is 1.52. The number of nitrogens with zero attached hydrogens (tertiary/aromatic N) is 4. The third kappa shape index (κ3) is 3.54. The van der Waals surface area contributed by atoms with Gasteiger partial charge in [0.2, 0.25) is 0 Å². The number of hydrogen-bond donors (Lipinski definition) is 0. The largest absolute Gasteiger partial charge is 0.371 e. The van der Waals surface area contributed by atoms with E-state index in [1.165, 1.54) is 0 Å². The van der Waals surface area contributed by atoms with Crippen LogP contribution in [-0.4, -0.2) is 59.3 Å². The molecule has 28 heavy (non-hydrogen) atoms. The molecular weight excluding hydrogens is 356 g/mol. The highest BCUT2D eigenvalue weighted by Gasteiger charge is 2.44. The highest BCUT2D eigenvalue weighted by molar-refractivity contribution is 5.95. The van der Waals surface area contributed by atoms with E-state index in [1.807, 2.05) is 55.3 Å². The fourth-order valence-corrected chi connectivity index (χ4v) is 4.00. The van der Waals surface area contributed by atoms with Crippen LogP contribution in [0.15, 0.2) is 42.6 Å². The minimum Gasteiger partial charge on any atom is -0.371 e. The van der Waals surface area contributed by atoms with Crippen LogP contribution in [0.1, 0.15) is 36.8 Å². The SMILES string of the molecule is CC(C)n1ccc(C(=O)N2CCC3(COCC(=O)N(c4ccccc4)C3)C2)n1. The molecule has 1 unspecified atom stereocenters. The van der Waals surface area contributed by atoms with Crippen molar-refractivity contribution in [2.45, 2.75) is 26.3 Å². The molecule has 7 heteroatoms. The highest BCUT2D eigenvalue weighted by atomic mass is 16.5. The Labute approximate surface area is 164 Å². The molecule has 1 aromatic heterocycles. The van der Waals surface area contributed by atoms with Gasteiger partial charge in [-0.15, -0.1) is 0 Å². The number of likely N-dealkylation sites (tertiary alicyclic amines) is 1. The molecule has 3 heterocycles. The zero-order valence-corrected chi connectivity index (χ0v) is 16.4. The number of benzene rings is 1. The average Bonchev–Trinajstić information content (AvgIpc) is 3.31. The van der Waals surface area contributed by atoms with Gasteiger partial charge in [-0.05, 0) is 38.5 Å². The Bertz CT molecular complexity index is 864. The smallest absolute Gasteiger partial charge is 0.274 e. The van der Waals surface area contributed by atoms with Gasteiger partial charge in [-0.3, -0.25) is 14.3 Å². The molecule has 2 aromatic rings. The number of hydrogen-bond acceptors (Lipinski definition) is 4. The molecule has 0 saturated carbocycles. The van der Waals surface area contributed by atoms with Gasteiger partial charge >= 0.3 is 0 Å². The van der Waals surface area contributed by atoms with Gasteiger partial charge in [0, 0.05) is 43.0 Å². The zero-order valence-electron chi connectivity index (χ0n) is 16.4. The van der Waals surface area contributed by atoms with Crippen molar-refractivity contribution in [3.8, 4) is 0 Å². The number of para-hydroxylation sites is 1. The van der Waals surface area contributed by atoms with Gasteiger partial charge in [0.25, 0.3) is 11.8 Å². The number of amides is 2. The van der Waals surface area contributed by atoms with Gasteiger partial charge in [-0.1, -0.05) is 18.2 Å². The van der Waals surface area contributed by atoms with Crippen LogP contribution in [0.2, 0.25) is 0 Å². The van der Waals surface area contributed by atoms with Gasteiger partial charge in [0.1, 0.15) is 12.3 Å². The lowest BCUT2D eigenvalue weighted by Crippen LogP contribution is -2.43. The van der Waals surface area contributed by atoms with E-state index < -0.39 is 0 Å². The van der Waals surface area contributed by atoms with Crippen molar-refractivity contribution >= 4 is 17.5 Å². The number of aromatic nitrogens is 2. The third-order valence-electron chi connectivity index (χ3n) is 5.58. The number of ether oxygens (including phenoxy) is 1. The molecular formula is C21H26N4O3. The molecule has 148 valence electrons. The van der Waals surface area contributed by atoms with E-state index in [1.54, 1.807) is 15.6 Å².